The van der Waals surface area contributed by atoms with E-state index < -0.39 is 6.10 Å². The van der Waals surface area contributed by atoms with Gasteiger partial charge in [-0.05, 0) is 12.0 Å². The highest BCUT2D eigenvalue weighted by atomic mass is 16.5. The number of Topliss-reactive ketones (excluding diaryl/α,β-unsaturated/α-hetero) is 1. The molecule has 3 heteroatoms. The van der Waals surface area contributed by atoms with Crippen LogP contribution in [0.1, 0.15) is 38.7 Å². The molecule has 1 aromatic carbocycles. The third kappa shape index (κ3) is 6.50. The van der Waals surface area contributed by atoms with Gasteiger partial charge >= 0.3 is 0 Å². The Hall–Kier alpha value is -1.19. The third-order valence-electron chi connectivity index (χ3n) is 3.09. The highest BCUT2D eigenvalue weighted by Gasteiger charge is 2.16. The van der Waals surface area contributed by atoms with Gasteiger partial charge in [0.1, 0.15) is 5.78 Å². The Balaban J connectivity index is 2.23. The zero-order valence-corrected chi connectivity index (χ0v) is 11.8. The average molecular weight is 264 g/mol. The fraction of sp³-hybridized carbons (Fsp3) is 0.562. The third-order valence-corrected chi connectivity index (χ3v) is 3.09. The second-order valence-electron chi connectivity index (χ2n) is 5.01. The highest BCUT2D eigenvalue weighted by molar-refractivity contribution is 5.81. The first kappa shape index (κ1) is 15.9. The zero-order valence-electron chi connectivity index (χ0n) is 11.8. The molecule has 19 heavy (non-hydrogen) atoms. The molecule has 0 aliphatic rings. The maximum atomic E-state index is 11.8. The van der Waals surface area contributed by atoms with Gasteiger partial charge in [-0.1, -0.05) is 50.6 Å². The van der Waals surface area contributed by atoms with Crippen LogP contribution in [0.15, 0.2) is 30.3 Å². The molecule has 1 N–H and O–H groups in total. The molecule has 0 heterocycles. The van der Waals surface area contributed by atoms with E-state index in [0.717, 1.165) is 12.0 Å². The lowest BCUT2D eigenvalue weighted by atomic mass is 10.00. The Morgan fingerprint density at radius 3 is 2.63 bits per heavy atom. The Bertz CT molecular complexity index is 362. The number of aliphatic hydroxyl groups excluding tert-OH is 1. The van der Waals surface area contributed by atoms with E-state index in [0.29, 0.717) is 19.6 Å². The van der Waals surface area contributed by atoms with Gasteiger partial charge in [-0.3, -0.25) is 4.79 Å². The maximum Gasteiger partial charge on any atom is 0.140 e. The van der Waals surface area contributed by atoms with Crippen LogP contribution >= 0.6 is 0 Å². The predicted octanol–water partition coefficient (Wildman–Crippen LogP) is 2.96. The van der Waals surface area contributed by atoms with Crippen molar-refractivity contribution < 1.29 is 14.6 Å². The van der Waals surface area contributed by atoms with Crippen LogP contribution in [0.3, 0.4) is 0 Å². The van der Waals surface area contributed by atoms with Crippen LogP contribution in [0.25, 0.3) is 0 Å². The molecule has 0 aliphatic heterocycles. The number of benzene rings is 1. The summed E-state index contributed by atoms with van der Waals surface area (Å²) in [5.74, 6) is -0.0794. The van der Waals surface area contributed by atoms with Crippen molar-refractivity contribution in [2.45, 2.75) is 45.8 Å². The minimum absolute atomic E-state index is 0.0778. The van der Waals surface area contributed by atoms with Crippen LogP contribution in [-0.2, 0) is 16.1 Å². The van der Waals surface area contributed by atoms with Crippen molar-refractivity contribution in [3.63, 3.8) is 0 Å². The van der Waals surface area contributed by atoms with E-state index >= 15 is 0 Å². The van der Waals surface area contributed by atoms with Crippen LogP contribution in [0, 0.1) is 5.92 Å². The van der Waals surface area contributed by atoms with Crippen LogP contribution < -0.4 is 0 Å². The molecule has 0 bridgehead atoms. The summed E-state index contributed by atoms with van der Waals surface area (Å²) >= 11 is 0. The first-order valence-corrected chi connectivity index (χ1v) is 6.96. The molecule has 0 saturated carbocycles. The topological polar surface area (TPSA) is 46.5 Å². The smallest absolute Gasteiger partial charge is 0.140 e. The van der Waals surface area contributed by atoms with Crippen LogP contribution in [-0.4, -0.2) is 23.6 Å². The molecule has 0 fully saturated rings. The number of ketones is 1. The van der Waals surface area contributed by atoms with Crippen molar-refractivity contribution in [1.29, 1.82) is 0 Å². The molecule has 0 aromatic heterocycles. The molecular weight excluding hydrogens is 240 g/mol. The van der Waals surface area contributed by atoms with Gasteiger partial charge < -0.3 is 9.84 Å². The van der Waals surface area contributed by atoms with Crippen molar-refractivity contribution in [2.75, 3.05) is 6.61 Å². The normalized spacial score (nSPS) is 14.1. The number of rotatable bonds is 9. The fourth-order valence-corrected chi connectivity index (χ4v) is 1.89. The zero-order chi connectivity index (χ0) is 14.1. The molecule has 1 rings (SSSR count). The predicted molar refractivity (Wildman–Crippen MR) is 75.8 cm³/mol. The molecule has 0 spiro atoms. The van der Waals surface area contributed by atoms with E-state index in [1.807, 2.05) is 44.2 Å². The van der Waals surface area contributed by atoms with Crippen molar-refractivity contribution >= 4 is 5.78 Å². The Labute approximate surface area is 115 Å². The summed E-state index contributed by atoms with van der Waals surface area (Å²) in [6.07, 6.45) is 1.31. The lowest BCUT2D eigenvalue weighted by Crippen LogP contribution is -2.22. The summed E-state index contributed by atoms with van der Waals surface area (Å²) in [6, 6.07) is 9.89. The lowest BCUT2D eigenvalue weighted by molar-refractivity contribution is -0.126. The van der Waals surface area contributed by atoms with E-state index in [-0.39, 0.29) is 18.1 Å². The summed E-state index contributed by atoms with van der Waals surface area (Å²) in [5.41, 5.74) is 1.10. The molecule has 0 radical (unpaired) electrons. The number of ether oxygens (including phenoxy) is 1. The Morgan fingerprint density at radius 1 is 1.32 bits per heavy atom. The van der Waals surface area contributed by atoms with Gasteiger partial charge in [0.05, 0.1) is 19.3 Å². The van der Waals surface area contributed by atoms with Gasteiger partial charge in [-0.25, -0.2) is 0 Å². The van der Waals surface area contributed by atoms with Crippen LogP contribution in [0.5, 0.6) is 0 Å². The van der Waals surface area contributed by atoms with Crippen molar-refractivity contribution in [3.8, 4) is 0 Å². The van der Waals surface area contributed by atoms with Crippen molar-refractivity contribution in [3.05, 3.63) is 35.9 Å². The molecule has 106 valence electrons. The molecule has 2 atom stereocenters. The largest absolute Gasteiger partial charge is 0.393 e. The van der Waals surface area contributed by atoms with Crippen molar-refractivity contribution in [1.82, 2.24) is 0 Å². The summed E-state index contributed by atoms with van der Waals surface area (Å²) < 4.78 is 5.54. The van der Waals surface area contributed by atoms with E-state index in [2.05, 4.69) is 0 Å². The fourth-order valence-electron chi connectivity index (χ4n) is 1.89. The summed E-state index contributed by atoms with van der Waals surface area (Å²) in [4.78, 5) is 11.8. The van der Waals surface area contributed by atoms with E-state index in [1.165, 1.54) is 0 Å². The maximum absolute atomic E-state index is 11.8. The van der Waals surface area contributed by atoms with Gasteiger partial charge in [-0.2, -0.15) is 0 Å². The quantitative estimate of drug-likeness (QED) is 0.746. The second-order valence-corrected chi connectivity index (χ2v) is 5.01. The van der Waals surface area contributed by atoms with E-state index in [1.54, 1.807) is 0 Å². The standard InChI is InChI=1S/C16H24O3/c1-3-7-15(17)10-16(18)13(2)11-19-12-14-8-5-4-6-9-14/h4-6,8-9,13,15,17H,3,7,10-12H2,1-2H3/t13-,15-/m0/s1. The molecule has 0 aliphatic carbocycles. The Morgan fingerprint density at radius 2 is 2.00 bits per heavy atom. The van der Waals surface area contributed by atoms with Crippen LogP contribution in [0.4, 0.5) is 0 Å². The van der Waals surface area contributed by atoms with Gasteiger partial charge in [0.25, 0.3) is 0 Å². The van der Waals surface area contributed by atoms with Gasteiger partial charge in [-0.15, -0.1) is 0 Å². The Kier molecular flexibility index (Phi) is 7.38. The second kappa shape index (κ2) is 8.83. The monoisotopic (exact) mass is 264 g/mol. The van der Waals surface area contributed by atoms with Crippen molar-refractivity contribution in [2.24, 2.45) is 5.92 Å². The number of hydrogen-bond donors (Lipinski definition) is 1. The molecule has 1 aromatic rings. The minimum Gasteiger partial charge on any atom is -0.393 e. The first-order chi connectivity index (χ1) is 9.13. The minimum atomic E-state index is -0.505. The average Bonchev–Trinajstić information content (AvgIpc) is 2.40. The number of carbonyl (C=O) groups excluding carboxylic acids is 1. The molecule has 0 unspecified atom stereocenters. The van der Waals surface area contributed by atoms with Gasteiger partial charge in [0, 0.05) is 12.3 Å². The molecule has 0 amide bonds. The van der Waals surface area contributed by atoms with E-state index in [9.17, 15) is 9.90 Å². The number of carbonyl (C=O) groups is 1. The molecular formula is C16H24O3. The summed E-state index contributed by atoms with van der Waals surface area (Å²) in [5, 5.41) is 9.61. The van der Waals surface area contributed by atoms with Gasteiger partial charge in [0.15, 0.2) is 0 Å². The number of aliphatic hydroxyl groups is 1. The highest BCUT2D eigenvalue weighted by Crippen LogP contribution is 2.09. The van der Waals surface area contributed by atoms with Crippen LogP contribution in [0.2, 0.25) is 0 Å². The molecule has 3 nitrogen and oxygen atoms in total. The van der Waals surface area contributed by atoms with E-state index in [4.69, 9.17) is 4.74 Å². The van der Waals surface area contributed by atoms with Gasteiger partial charge in [0.2, 0.25) is 0 Å². The lowest BCUT2D eigenvalue weighted by Gasteiger charge is -2.14. The molecule has 0 saturated heterocycles. The SMILES string of the molecule is CCC[C@H](O)CC(=O)[C@@H](C)COCc1ccccc1. The number of hydrogen-bond acceptors (Lipinski definition) is 3. The summed E-state index contributed by atoms with van der Waals surface area (Å²) in [7, 11) is 0. The first-order valence-electron chi connectivity index (χ1n) is 6.96. The summed E-state index contributed by atoms with van der Waals surface area (Å²) in [6.45, 7) is 4.79.